The minimum absolute atomic E-state index is 0.297. The van der Waals surface area contributed by atoms with Crippen molar-refractivity contribution < 1.29 is 15.6 Å². The van der Waals surface area contributed by atoms with E-state index in [-0.39, 0.29) is 0 Å². The number of rotatable bonds is 3. The molecule has 0 fully saturated rings. The van der Waals surface area contributed by atoms with Crippen LogP contribution in [0.4, 0.5) is 0 Å². The average molecular weight is 228 g/mol. The van der Waals surface area contributed by atoms with Crippen LogP contribution in [0.25, 0.3) is 5.70 Å². The first-order valence-electron chi connectivity index (χ1n) is 4.27. The number of quaternary nitrogens is 1. The molecule has 0 radical (unpaired) electrons. The number of hydrogen-bond donors (Lipinski definition) is 3. The Morgan fingerprint density at radius 1 is 1.67 bits per heavy atom. The summed E-state index contributed by atoms with van der Waals surface area (Å²) < 4.78 is 0. The summed E-state index contributed by atoms with van der Waals surface area (Å²) in [4.78, 5) is 11.0. The van der Waals surface area contributed by atoms with Gasteiger partial charge in [0.2, 0.25) is 0 Å². The molecule has 1 heterocycles. The standard InChI is InChI=1S/C9H13N3O2S/c1-5(10)8(12(2)11)6-3-7(9(13)14)15-4-6/h3-4H,10-11H2,1-2H3,(H,13,14)/p+1/b8-5-. The third kappa shape index (κ3) is 2.56. The first-order chi connectivity index (χ1) is 6.93. The number of nitrogens with two attached hydrogens (primary N) is 1. The second kappa shape index (κ2) is 4.43. The highest BCUT2D eigenvalue weighted by atomic mass is 32.1. The van der Waals surface area contributed by atoms with Crippen LogP contribution in [-0.2, 0) is 0 Å². The van der Waals surface area contributed by atoms with Gasteiger partial charge in [0, 0.05) is 24.9 Å². The number of carboxylic acid groups (broad SMARTS) is 1. The van der Waals surface area contributed by atoms with Crippen molar-refractivity contribution in [3.05, 3.63) is 27.6 Å². The van der Waals surface area contributed by atoms with Crippen molar-refractivity contribution in [1.29, 1.82) is 0 Å². The lowest BCUT2D eigenvalue weighted by atomic mass is 10.2. The largest absolute Gasteiger partial charge is 0.477 e. The lowest BCUT2D eigenvalue weighted by Crippen LogP contribution is -2.48. The number of hydrazine groups is 1. The molecule has 1 aromatic rings. The zero-order valence-corrected chi connectivity index (χ0v) is 9.47. The van der Waals surface area contributed by atoms with Gasteiger partial charge in [-0.25, -0.2) is 10.6 Å². The summed E-state index contributed by atoms with van der Waals surface area (Å²) in [6, 6.07) is 1.60. The van der Waals surface area contributed by atoms with Crippen molar-refractivity contribution in [3.63, 3.8) is 0 Å². The Morgan fingerprint density at radius 2 is 2.27 bits per heavy atom. The quantitative estimate of drug-likeness (QED) is 0.508. The Bertz CT molecular complexity index is 405. The monoisotopic (exact) mass is 228 g/mol. The van der Waals surface area contributed by atoms with Gasteiger partial charge in [-0.1, -0.05) is 0 Å². The Hall–Kier alpha value is -1.37. The summed E-state index contributed by atoms with van der Waals surface area (Å²) in [5.74, 6) is 4.72. The van der Waals surface area contributed by atoms with E-state index in [0.717, 1.165) is 17.0 Å². The number of hydrogen-bond acceptors (Lipinski definition) is 4. The van der Waals surface area contributed by atoms with Gasteiger partial charge in [-0.2, -0.15) is 0 Å². The van der Waals surface area contributed by atoms with E-state index in [2.05, 4.69) is 5.73 Å². The number of allylic oxidation sites excluding steroid dienone is 1. The molecule has 0 aromatic carbocycles. The van der Waals surface area contributed by atoms with Gasteiger partial charge in [-0.05, 0) is 6.07 Å². The van der Waals surface area contributed by atoms with Crippen LogP contribution in [0.2, 0.25) is 0 Å². The van der Waals surface area contributed by atoms with Gasteiger partial charge < -0.3 is 15.8 Å². The number of thiophene rings is 1. The molecule has 0 bridgehead atoms. The molecule has 0 spiro atoms. The highest BCUT2D eigenvalue weighted by Crippen LogP contribution is 2.23. The van der Waals surface area contributed by atoms with Gasteiger partial charge in [0.15, 0.2) is 0 Å². The highest BCUT2D eigenvalue weighted by molar-refractivity contribution is 7.12. The Morgan fingerprint density at radius 3 is 2.60 bits per heavy atom. The fourth-order valence-corrected chi connectivity index (χ4v) is 2.05. The van der Waals surface area contributed by atoms with Gasteiger partial charge in [0.25, 0.3) is 0 Å². The molecular formula is C9H14N3O2S+. The summed E-state index contributed by atoms with van der Waals surface area (Å²) in [6.07, 6.45) is 0. The zero-order chi connectivity index (χ0) is 11.6. The summed E-state index contributed by atoms with van der Waals surface area (Å²) in [7, 11) is 1.70. The number of nitrogens with zero attached hydrogens (tertiary/aromatic N) is 1. The molecule has 1 rings (SSSR count). The van der Waals surface area contributed by atoms with Crippen molar-refractivity contribution in [2.24, 2.45) is 5.84 Å². The van der Waals surface area contributed by atoms with Crippen molar-refractivity contribution >= 4 is 23.0 Å². The Kier molecular flexibility index (Phi) is 3.46. The summed E-state index contributed by atoms with van der Waals surface area (Å²) in [5, 5.41) is 12.0. The molecular weight excluding hydrogens is 214 g/mol. The van der Waals surface area contributed by atoms with Crippen molar-refractivity contribution in [3.8, 4) is 0 Å². The molecule has 0 amide bonds. The topological polar surface area (TPSA) is 94.2 Å². The SMILES string of the molecule is C/C([NH3+])=C(\c1csc(C(=O)O)c1)N(C)N. The Labute approximate surface area is 91.6 Å². The third-order valence-electron chi connectivity index (χ3n) is 1.84. The van der Waals surface area contributed by atoms with E-state index in [4.69, 9.17) is 10.9 Å². The number of carbonyl (C=O) groups is 1. The van der Waals surface area contributed by atoms with Crippen molar-refractivity contribution in [2.45, 2.75) is 6.92 Å². The van der Waals surface area contributed by atoms with E-state index in [1.807, 2.05) is 6.92 Å². The maximum Gasteiger partial charge on any atom is 0.345 e. The molecule has 0 saturated heterocycles. The molecule has 6 N–H and O–H groups in total. The van der Waals surface area contributed by atoms with Crippen LogP contribution in [0.3, 0.4) is 0 Å². The van der Waals surface area contributed by atoms with Crippen LogP contribution in [-0.4, -0.2) is 23.1 Å². The normalized spacial score (nSPS) is 12.3. The van der Waals surface area contributed by atoms with Gasteiger partial charge >= 0.3 is 5.97 Å². The number of carboxylic acids is 1. The molecule has 0 saturated carbocycles. The molecule has 15 heavy (non-hydrogen) atoms. The van der Waals surface area contributed by atoms with Crippen LogP contribution in [0.1, 0.15) is 22.2 Å². The highest BCUT2D eigenvalue weighted by Gasteiger charge is 2.14. The second-order valence-electron chi connectivity index (χ2n) is 3.24. The molecule has 0 atom stereocenters. The van der Waals surface area contributed by atoms with Crippen LogP contribution >= 0.6 is 11.3 Å². The van der Waals surface area contributed by atoms with Crippen LogP contribution in [0, 0.1) is 0 Å². The van der Waals surface area contributed by atoms with Crippen LogP contribution < -0.4 is 11.6 Å². The lowest BCUT2D eigenvalue weighted by Gasteiger charge is -2.14. The van der Waals surface area contributed by atoms with E-state index < -0.39 is 5.97 Å². The lowest BCUT2D eigenvalue weighted by molar-refractivity contribution is -0.301. The average Bonchev–Trinajstić information content (AvgIpc) is 2.51. The smallest absolute Gasteiger partial charge is 0.345 e. The van der Waals surface area contributed by atoms with Gasteiger partial charge in [0.1, 0.15) is 16.3 Å². The van der Waals surface area contributed by atoms with Crippen LogP contribution in [0.5, 0.6) is 0 Å². The van der Waals surface area contributed by atoms with Crippen molar-refractivity contribution in [1.82, 2.24) is 5.01 Å². The molecule has 0 aliphatic heterocycles. The minimum Gasteiger partial charge on any atom is -0.477 e. The zero-order valence-electron chi connectivity index (χ0n) is 8.65. The summed E-state index contributed by atoms with van der Waals surface area (Å²) >= 11 is 1.18. The van der Waals surface area contributed by atoms with E-state index in [9.17, 15) is 4.79 Å². The molecule has 6 heteroatoms. The summed E-state index contributed by atoms with van der Waals surface area (Å²) in [5.41, 5.74) is 6.14. The molecule has 5 nitrogen and oxygen atoms in total. The maximum absolute atomic E-state index is 10.7. The van der Waals surface area contributed by atoms with E-state index >= 15 is 0 Å². The van der Waals surface area contributed by atoms with Gasteiger partial charge in [-0.15, -0.1) is 11.3 Å². The number of aromatic carboxylic acids is 1. The first kappa shape index (κ1) is 11.7. The summed E-state index contributed by atoms with van der Waals surface area (Å²) in [6.45, 7) is 1.83. The maximum atomic E-state index is 10.7. The van der Waals surface area contributed by atoms with E-state index in [1.165, 1.54) is 16.3 Å². The first-order valence-corrected chi connectivity index (χ1v) is 5.15. The van der Waals surface area contributed by atoms with Gasteiger partial charge in [0.05, 0.1) is 0 Å². The fraction of sp³-hybridized carbons (Fsp3) is 0.222. The second-order valence-corrected chi connectivity index (χ2v) is 4.16. The minimum atomic E-state index is -0.924. The molecule has 1 aromatic heterocycles. The fourth-order valence-electron chi connectivity index (χ4n) is 1.32. The van der Waals surface area contributed by atoms with Crippen molar-refractivity contribution in [2.75, 3.05) is 7.05 Å². The molecule has 0 unspecified atom stereocenters. The molecule has 0 aliphatic rings. The molecule has 0 aliphatic carbocycles. The predicted molar refractivity (Wildman–Crippen MR) is 58.7 cm³/mol. The molecule has 82 valence electrons. The van der Waals surface area contributed by atoms with Crippen LogP contribution in [0.15, 0.2) is 17.1 Å². The van der Waals surface area contributed by atoms with E-state index in [1.54, 1.807) is 18.5 Å². The predicted octanol–water partition coefficient (Wildman–Crippen LogP) is 0.182. The third-order valence-corrected chi connectivity index (χ3v) is 2.76. The van der Waals surface area contributed by atoms with E-state index in [0.29, 0.717) is 4.88 Å². The Balaban J connectivity index is 3.15. The van der Waals surface area contributed by atoms with Gasteiger partial charge in [-0.3, -0.25) is 0 Å².